The lowest BCUT2D eigenvalue weighted by atomic mass is 10.1. The number of carbonyl (C=O) groups excluding carboxylic acids is 1. The first-order chi connectivity index (χ1) is 9.11. The molecule has 2 atom stereocenters. The van der Waals surface area contributed by atoms with Crippen molar-refractivity contribution in [1.29, 1.82) is 0 Å². The van der Waals surface area contributed by atoms with Crippen LogP contribution in [0.25, 0.3) is 0 Å². The summed E-state index contributed by atoms with van der Waals surface area (Å²) < 4.78 is 34.0. The van der Waals surface area contributed by atoms with Crippen molar-refractivity contribution >= 4 is 11.9 Å². The number of carbonyl (C=O) groups is 2. The molecule has 0 radical (unpaired) electrons. The molecule has 0 aliphatic rings. The highest BCUT2D eigenvalue weighted by molar-refractivity contribution is 5.71. The average Bonchev–Trinajstić information content (AvgIpc) is 2.24. The molecule has 12 heteroatoms. The first kappa shape index (κ1) is 29.0. The summed E-state index contributed by atoms with van der Waals surface area (Å²) in [5.41, 5.74) is 6.81. The Balaban J connectivity index is -0.000000111. The molecule has 0 aromatic carbocycles. The van der Waals surface area contributed by atoms with Gasteiger partial charge in [0, 0.05) is 11.8 Å². The first-order valence-corrected chi connectivity index (χ1v) is 7.06. The highest BCUT2D eigenvalue weighted by atomic mass is 35.7. The zero-order chi connectivity index (χ0) is 18.0. The van der Waals surface area contributed by atoms with Gasteiger partial charge in [0.25, 0.3) is 0 Å². The normalized spacial score (nSPS) is 12.9. The molecule has 11 nitrogen and oxygen atoms in total. The van der Waals surface area contributed by atoms with Crippen LogP contribution in [0.3, 0.4) is 0 Å². The van der Waals surface area contributed by atoms with E-state index in [1.807, 2.05) is 13.8 Å². The molecular weight excluding hydrogens is 328 g/mol. The number of aliphatic carboxylic acids is 2. The van der Waals surface area contributed by atoms with Gasteiger partial charge in [0.05, 0.1) is 5.97 Å². The predicted octanol–water partition coefficient (Wildman–Crippen LogP) is -8.24. The van der Waals surface area contributed by atoms with Gasteiger partial charge in [-0.3, -0.25) is 0 Å². The van der Waals surface area contributed by atoms with E-state index < -0.39 is 34.3 Å². The van der Waals surface area contributed by atoms with E-state index in [9.17, 15) is 14.7 Å². The third-order valence-electron chi connectivity index (χ3n) is 2.23. The fourth-order valence-electron chi connectivity index (χ4n) is 0.557. The summed E-state index contributed by atoms with van der Waals surface area (Å²) in [6.45, 7) is 7.28. The third kappa shape index (κ3) is 27.3. The number of hydrogen-bond acceptors (Lipinski definition) is 7. The molecule has 0 aromatic heterocycles. The van der Waals surface area contributed by atoms with Crippen molar-refractivity contribution in [2.45, 2.75) is 39.8 Å². The van der Waals surface area contributed by atoms with Crippen LogP contribution in [0.1, 0.15) is 27.7 Å². The lowest BCUT2D eigenvalue weighted by Crippen LogP contribution is -2.70. The average molecular weight is 353 g/mol. The maximum atomic E-state index is 10.1. The van der Waals surface area contributed by atoms with E-state index in [1.165, 1.54) is 0 Å². The fraction of sp³-hybridized carbons (Fsp3) is 0.800. The molecule has 9 N–H and O–H groups in total. The summed E-state index contributed by atoms with van der Waals surface area (Å²) >= 11 is 0. The van der Waals surface area contributed by atoms with Crippen molar-refractivity contribution in [1.82, 2.24) is 0 Å². The Morgan fingerprint density at radius 2 is 1.14 bits per heavy atom. The monoisotopic (exact) mass is 352 g/mol. The second kappa shape index (κ2) is 13.6. The molecule has 0 aliphatic heterocycles. The molecule has 0 saturated heterocycles. The van der Waals surface area contributed by atoms with E-state index in [2.05, 4.69) is 11.5 Å². The predicted molar refractivity (Wildman–Crippen MR) is 59.3 cm³/mol. The molecule has 0 aromatic rings. The summed E-state index contributed by atoms with van der Waals surface area (Å²) in [5.74, 6) is -1.69. The van der Waals surface area contributed by atoms with E-state index in [0.717, 1.165) is 0 Å². The maximum Gasteiger partial charge on any atom is 0.362 e. The molecule has 0 aliphatic carbocycles. The highest BCUT2D eigenvalue weighted by Crippen LogP contribution is 1.94. The Morgan fingerprint density at radius 3 is 1.14 bits per heavy atom. The Labute approximate surface area is 130 Å². The van der Waals surface area contributed by atoms with Crippen molar-refractivity contribution in [3.8, 4) is 0 Å². The zero-order valence-electron chi connectivity index (χ0n) is 12.9. The number of hydrogen-bond donors (Lipinski definition) is 3. The van der Waals surface area contributed by atoms with Crippen LogP contribution in [0.5, 0.6) is 0 Å². The summed E-state index contributed by atoms with van der Waals surface area (Å²) in [4.78, 5) is 20.0. The summed E-state index contributed by atoms with van der Waals surface area (Å²) in [6, 6.07) is -1.04. The number of carboxylic acid groups (broad SMARTS) is 2. The van der Waals surface area contributed by atoms with Gasteiger partial charge < -0.3 is 32.0 Å². The fourth-order valence-corrected chi connectivity index (χ4v) is 0.557. The molecule has 0 bridgehead atoms. The SMILES string of the molecule is CC(C)[C@H]([NH3+])C(=O)O.CC(C)[C@H]([NH3+])C(=O)[O-].O.[O-][Cl+3]([O-])([O-])[O-]. The van der Waals surface area contributed by atoms with E-state index >= 15 is 0 Å². The largest absolute Gasteiger partial charge is 0.544 e. The topological polar surface area (TPSA) is 256 Å². The van der Waals surface area contributed by atoms with E-state index in [4.69, 9.17) is 23.7 Å². The van der Waals surface area contributed by atoms with Crippen molar-refractivity contribution in [2.24, 2.45) is 11.8 Å². The van der Waals surface area contributed by atoms with Crippen molar-refractivity contribution in [3.05, 3.63) is 0 Å². The molecular formula is C10H25ClN2O9. The Morgan fingerprint density at radius 1 is 0.909 bits per heavy atom. The lowest BCUT2D eigenvalue weighted by molar-refractivity contribution is -2.00. The number of halogens is 1. The Kier molecular flexibility index (Phi) is 17.9. The van der Waals surface area contributed by atoms with Crippen molar-refractivity contribution in [2.75, 3.05) is 0 Å². The molecule has 0 saturated carbocycles. The zero-order valence-corrected chi connectivity index (χ0v) is 13.7. The van der Waals surface area contributed by atoms with Crippen molar-refractivity contribution in [3.63, 3.8) is 0 Å². The van der Waals surface area contributed by atoms with Crippen LogP contribution in [-0.2, 0) is 9.59 Å². The van der Waals surface area contributed by atoms with Gasteiger partial charge in [-0.15, -0.1) is 10.2 Å². The molecule has 0 amide bonds. The van der Waals surface area contributed by atoms with E-state index in [0.29, 0.717) is 0 Å². The summed E-state index contributed by atoms with van der Waals surface area (Å²) in [6.07, 6.45) is 0. The second-order valence-electron chi connectivity index (χ2n) is 4.74. The van der Waals surface area contributed by atoms with Gasteiger partial charge in [0.2, 0.25) is 0 Å². The Hall–Kier alpha value is -1.05. The van der Waals surface area contributed by atoms with Gasteiger partial charge in [-0.05, 0) is 0 Å². The summed E-state index contributed by atoms with van der Waals surface area (Å²) in [5, 5.41) is 18.3. The van der Waals surface area contributed by atoms with Crippen LogP contribution in [0.2, 0.25) is 0 Å². The van der Waals surface area contributed by atoms with Crippen LogP contribution in [0, 0.1) is 22.1 Å². The quantitative estimate of drug-likeness (QED) is 0.436. The van der Waals surface area contributed by atoms with Gasteiger partial charge in [0.15, 0.2) is 6.04 Å². The van der Waals surface area contributed by atoms with E-state index in [-0.39, 0.29) is 17.3 Å². The molecule has 0 rings (SSSR count). The molecule has 22 heavy (non-hydrogen) atoms. The van der Waals surface area contributed by atoms with Crippen LogP contribution >= 0.6 is 0 Å². The minimum atomic E-state index is -4.94. The van der Waals surface area contributed by atoms with Gasteiger partial charge >= 0.3 is 5.97 Å². The van der Waals surface area contributed by atoms with Crippen molar-refractivity contribution < 1.29 is 65.6 Å². The molecule has 0 fully saturated rings. The molecule has 136 valence electrons. The maximum absolute atomic E-state index is 10.1. The van der Waals surface area contributed by atoms with Crippen LogP contribution in [0.4, 0.5) is 0 Å². The third-order valence-corrected chi connectivity index (χ3v) is 2.23. The van der Waals surface area contributed by atoms with Crippen LogP contribution in [-0.4, -0.2) is 34.6 Å². The Bertz CT molecular complexity index is 277. The second-order valence-corrected chi connectivity index (χ2v) is 5.49. The van der Waals surface area contributed by atoms with Gasteiger partial charge in [0.1, 0.15) is 6.04 Å². The summed E-state index contributed by atoms with van der Waals surface area (Å²) in [7, 11) is -4.94. The highest BCUT2D eigenvalue weighted by Gasteiger charge is 2.18. The van der Waals surface area contributed by atoms with Gasteiger partial charge in [-0.1, -0.05) is 27.7 Å². The van der Waals surface area contributed by atoms with Gasteiger partial charge in [-0.2, -0.15) is 0 Å². The number of rotatable bonds is 4. The minimum Gasteiger partial charge on any atom is -0.544 e. The van der Waals surface area contributed by atoms with Gasteiger partial charge in [-0.25, -0.2) is 23.4 Å². The number of quaternary nitrogens is 2. The van der Waals surface area contributed by atoms with Crippen LogP contribution < -0.4 is 35.2 Å². The van der Waals surface area contributed by atoms with Crippen LogP contribution in [0.15, 0.2) is 0 Å². The standard InChI is InChI=1S/2C5H11NO2.ClHO4.H2O/c2*1-3(2)4(6)5(7)8;2-1(3,4)5;/h2*3-4H,6H2,1-2H3,(H,7,8);(H,2,3,4,5);1H2/t2*4-;;/m00../s1. The minimum absolute atomic E-state index is 0. The number of carboxylic acids is 2. The molecule has 0 spiro atoms. The molecule has 0 heterocycles. The smallest absolute Gasteiger partial charge is 0.362 e. The van der Waals surface area contributed by atoms with E-state index in [1.54, 1.807) is 13.8 Å². The first-order valence-electron chi connectivity index (χ1n) is 5.82. The lowest BCUT2D eigenvalue weighted by Gasteiger charge is -2.17. The molecule has 0 unspecified atom stereocenters.